The largest absolute Gasteiger partial charge is 0.338 e. The minimum Gasteiger partial charge on any atom is -0.338 e. The van der Waals surface area contributed by atoms with E-state index < -0.39 is 0 Å². The molecule has 0 aliphatic heterocycles. The summed E-state index contributed by atoms with van der Waals surface area (Å²) in [7, 11) is 0. The number of urea groups is 1. The van der Waals surface area contributed by atoms with Gasteiger partial charge < -0.3 is 10.6 Å². The lowest BCUT2D eigenvalue weighted by Crippen LogP contribution is -2.42. The quantitative estimate of drug-likeness (QED) is 0.761. The number of hydrogen-bond acceptors (Lipinski definition) is 2. The third-order valence-electron chi connectivity index (χ3n) is 1.93. The Balaban J connectivity index is 2.23. The van der Waals surface area contributed by atoms with Gasteiger partial charge in [0.25, 0.3) is 0 Å². The van der Waals surface area contributed by atoms with E-state index in [4.69, 9.17) is 0 Å². The monoisotopic (exact) mass is 210 g/mol. The van der Waals surface area contributed by atoms with Gasteiger partial charge in [0.05, 0.1) is 6.54 Å². The van der Waals surface area contributed by atoms with Crippen LogP contribution in [-0.4, -0.2) is 28.4 Å². The highest BCUT2D eigenvalue weighted by molar-refractivity contribution is 5.74. The van der Waals surface area contributed by atoms with Gasteiger partial charge >= 0.3 is 6.03 Å². The molecular formula is C10H18N4O. The molecular weight excluding hydrogens is 192 g/mol. The summed E-state index contributed by atoms with van der Waals surface area (Å²) in [5.41, 5.74) is 0. The first-order valence-corrected chi connectivity index (χ1v) is 5.24. The molecule has 0 radical (unpaired) electrons. The van der Waals surface area contributed by atoms with E-state index in [1.807, 2.05) is 26.1 Å². The zero-order valence-corrected chi connectivity index (χ0v) is 9.23. The van der Waals surface area contributed by atoms with Gasteiger partial charge in [0.2, 0.25) is 0 Å². The fourth-order valence-corrected chi connectivity index (χ4v) is 1.25. The second-order valence-corrected chi connectivity index (χ2v) is 3.53. The highest BCUT2D eigenvalue weighted by Crippen LogP contribution is 1.90. The summed E-state index contributed by atoms with van der Waals surface area (Å²) in [5, 5.41) is 9.68. The molecule has 84 valence electrons. The first-order valence-electron chi connectivity index (χ1n) is 5.24. The summed E-state index contributed by atoms with van der Waals surface area (Å²) in [6.45, 7) is 5.37. The summed E-state index contributed by atoms with van der Waals surface area (Å²) in [6, 6.07) is 1.82. The highest BCUT2D eigenvalue weighted by atomic mass is 16.2. The van der Waals surface area contributed by atoms with Crippen LogP contribution in [0, 0.1) is 0 Å². The number of amides is 2. The van der Waals surface area contributed by atoms with Crippen molar-refractivity contribution in [3.63, 3.8) is 0 Å². The number of hydrogen-bond donors (Lipinski definition) is 2. The maximum atomic E-state index is 11.3. The van der Waals surface area contributed by atoms with Crippen LogP contribution in [0.4, 0.5) is 4.79 Å². The fraction of sp³-hybridized carbons (Fsp3) is 0.600. The number of carbonyl (C=O) groups is 1. The average molecular weight is 210 g/mol. The molecule has 1 aromatic heterocycles. The van der Waals surface area contributed by atoms with Crippen molar-refractivity contribution >= 4 is 6.03 Å². The molecule has 1 aromatic rings. The molecule has 1 heterocycles. The number of carbonyl (C=O) groups excluding carboxylic acids is 1. The predicted molar refractivity (Wildman–Crippen MR) is 58.5 cm³/mol. The Kier molecular flexibility index (Phi) is 4.66. The van der Waals surface area contributed by atoms with Crippen LogP contribution in [-0.2, 0) is 6.54 Å². The lowest BCUT2D eigenvalue weighted by molar-refractivity contribution is 0.236. The van der Waals surface area contributed by atoms with Crippen LogP contribution in [0.1, 0.15) is 20.3 Å². The molecule has 15 heavy (non-hydrogen) atoms. The van der Waals surface area contributed by atoms with Crippen LogP contribution in [0.3, 0.4) is 0 Å². The predicted octanol–water partition coefficient (Wildman–Crippen LogP) is 0.981. The van der Waals surface area contributed by atoms with E-state index in [9.17, 15) is 4.79 Å². The first kappa shape index (κ1) is 11.6. The summed E-state index contributed by atoms with van der Waals surface area (Å²) in [6.07, 6.45) is 4.55. The molecule has 0 fully saturated rings. The number of nitrogens with one attached hydrogen (secondary N) is 2. The van der Waals surface area contributed by atoms with Crippen LogP contribution < -0.4 is 10.6 Å². The molecule has 0 saturated heterocycles. The molecule has 0 aliphatic carbocycles. The Bertz CT molecular complexity index is 284. The Morgan fingerprint density at radius 3 is 3.00 bits per heavy atom. The SMILES string of the molecule is CCCNC(=O)NC(C)Cn1cccn1. The molecule has 0 aromatic carbocycles. The summed E-state index contributed by atoms with van der Waals surface area (Å²) < 4.78 is 1.80. The second kappa shape index (κ2) is 6.06. The van der Waals surface area contributed by atoms with Gasteiger partial charge in [-0.15, -0.1) is 0 Å². The molecule has 0 bridgehead atoms. The Morgan fingerprint density at radius 1 is 1.60 bits per heavy atom. The van der Waals surface area contributed by atoms with Gasteiger partial charge in [-0.05, 0) is 19.4 Å². The summed E-state index contributed by atoms with van der Waals surface area (Å²) in [5.74, 6) is 0. The summed E-state index contributed by atoms with van der Waals surface area (Å²) in [4.78, 5) is 11.3. The highest BCUT2D eigenvalue weighted by Gasteiger charge is 2.06. The second-order valence-electron chi connectivity index (χ2n) is 3.53. The van der Waals surface area contributed by atoms with Crippen molar-refractivity contribution < 1.29 is 4.79 Å². The lowest BCUT2D eigenvalue weighted by atomic mass is 10.3. The van der Waals surface area contributed by atoms with Crippen molar-refractivity contribution in [2.24, 2.45) is 0 Å². The lowest BCUT2D eigenvalue weighted by Gasteiger charge is -2.14. The van der Waals surface area contributed by atoms with Crippen molar-refractivity contribution in [1.29, 1.82) is 0 Å². The number of rotatable bonds is 5. The van der Waals surface area contributed by atoms with E-state index in [0.29, 0.717) is 13.1 Å². The number of aromatic nitrogens is 2. The van der Waals surface area contributed by atoms with E-state index >= 15 is 0 Å². The van der Waals surface area contributed by atoms with Gasteiger partial charge in [0.15, 0.2) is 0 Å². The normalized spacial score (nSPS) is 12.1. The van der Waals surface area contributed by atoms with Crippen LogP contribution in [0.2, 0.25) is 0 Å². The van der Waals surface area contributed by atoms with Gasteiger partial charge in [-0.25, -0.2) is 4.79 Å². The Morgan fingerprint density at radius 2 is 2.40 bits per heavy atom. The molecule has 2 N–H and O–H groups in total. The Hall–Kier alpha value is -1.52. The van der Waals surface area contributed by atoms with Crippen molar-refractivity contribution in [2.45, 2.75) is 32.9 Å². The maximum absolute atomic E-state index is 11.3. The van der Waals surface area contributed by atoms with Crippen LogP contribution in [0.15, 0.2) is 18.5 Å². The summed E-state index contributed by atoms with van der Waals surface area (Å²) >= 11 is 0. The fourth-order valence-electron chi connectivity index (χ4n) is 1.25. The van der Waals surface area contributed by atoms with E-state index in [2.05, 4.69) is 15.7 Å². The van der Waals surface area contributed by atoms with E-state index in [-0.39, 0.29) is 12.1 Å². The molecule has 1 unspecified atom stereocenters. The van der Waals surface area contributed by atoms with Crippen LogP contribution in [0.25, 0.3) is 0 Å². The zero-order valence-electron chi connectivity index (χ0n) is 9.23. The topological polar surface area (TPSA) is 59.0 Å². The van der Waals surface area contributed by atoms with E-state index in [1.165, 1.54) is 0 Å². The molecule has 2 amide bonds. The third kappa shape index (κ3) is 4.49. The maximum Gasteiger partial charge on any atom is 0.315 e. The molecule has 5 heteroatoms. The van der Waals surface area contributed by atoms with E-state index in [0.717, 1.165) is 6.42 Å². The van der Waals surface area contributed by atoms with Crippen LogP contribution in [0.5, 0.6) is 0 Å². The van der Waals surface area contributed by atoms with Crippen molar-refractivity contribution in [3.8, 4) is 0 Å². The van der Waals surface area contributed by atoms with E-state index in [1.54, 1.807) is 10.9 Å². The molecule has 0 aliphatic rings. The third-order valence-corrected chi connectivity index (χ3v) is 1.93. The van der Waals surface area contributed by atoms with Crippen molar-refractivity contribution in [1.82, 2.24) is 20.4 Å². The average Bonchev–Trinajstić information content (AvgIpc) is 2.67. The van der Waals surface area contributed by atoms with Gasteiger partial charge in [-0.3, -0.25) is 4.68 Å². The van der Waals surface area contributed by atoms with Gasteiger partial charge in [-0.1, -0.05) is 6.92 Å². The minimum absolute atomic E-state index is 0.0711. The minimum atomic E-state index is -0.114. The molecule has 0 spiro atoms. The van der Waals surface area contributed by atoms with Gasteiger partial charge in [0.1, 0.15) is 0 Å². The molecule has 5 nitrogen and oxygen atoms in total. The zero-order chi connectivity index (χ0) is 11.1. The standard InChI is InChI=1S/C10H18N4O/c1-3-5-11-10(15)13-9(2)8-14-7-4-6-12-14/h4,6-7,9H,3,5,8H2,1-2H3,(H2,11,13,15). The smallest absolute Gasteiger partial charge is 0.315 e. The Labute approximate surface area is 89.9 Å². The molecule has 1 rings (SSSR count). The number of nitrogens with zero attached hydrogens (tertiary/aromatic N) is 2. The molecule has 0 saturated carbocycles. The first-order chi connectivity index (χ1) is 7.22. The van der Waals surface area contributed by atoms with Crippen LogP contribution >= 0.6 is 0 Å². The van der Waals surface area contributed by atoms with Crippen molar-refractivity contribution in [2.75, 3.05) is 6.54 Å². The van der Waals surface area contributed by atoms with Crippen molar-refractivity contribution in [3.05, 3.63) is 18.5 Å². The van der Waals surface area contributed by atoms with Gasteiger partial charge in [-0.2, -0.15) is 5.10 Å². The molecule has 1 atom stereocenters. The van der Waals surface area contributed by atoms with Gasteiger partial charge in [0, 0.05) is 25.0 Å².